The lowest BCUT2D eigenvalue weighted by Crippen LogP contribution is -2.04. The minimum Gasteiger partial charge on any atom is -0.369 e. The number of fused-ring (bicyclic) bond motifs is 1. The van der Waals surface area contributed by atoms with Crippen molar-refractivity contribution >= 4 is 27.4 Å². The van der Waals surface area contributed by atoms with E-state index >= 15 is 0 Å². The SMILES string of the molecule is CCCNc1nc(-c2cccc(C)c2)nc2sc(C)cc12. The number of anilines is 1. The number of hydrogen-bond donors (Lipinski definition) is 1. The largest absolute Gasteiger partial charge is 0.369 e. The molecule has 0 fully saturated rings. The van der Waals surface area contributed by atoms with E-state index < -0.39 is 0 Å². The Bertz CT molecular complexity index is 777. The number of aryl methyl sites for hydroxylation is 2. The molecule has 0 spiro atoms. The second-order valence-corrected chi connectivity index (χ2v) is 6.50. The van der Waals surface area contributed by atoms with Crippen LogP contribution in [0.4, 0.5) is 5.82 Å². The van der Waals surface area contributed by atoms with Crippen LogP contribution in [0.1, 0.15) is 23.8 Å². The Morgan fingerprint density at radius 2 is 2.00 bits per heavy atom. The van der Waals surface area contributed by atoms with Crippen LogP contribution in [-0.4, -0.2) is 16.5 Å². The van der Waals surface area contributed by atoms with Gasteiger partial charge in [-0.3, -0.25) is 0 Å². The van der Waals surface area contributed by atoms with Crippen LogP contribution in [-0.2, 0) is 0 Å². The number of rotatable bonds is 4. The van der Waals surface area contributed by atoms with E-state index in [4.69, 9.17) is 9.97 Å². The second-order valence-electron chi connectivity index (χ2n) is 5.27. The summed E-state index contributed by atoms with van der Waals surface area (Å²) in [4.78, 5) is 11.8. The maximum atomic E-state index is 4.75. The highest BCUT2D eigenvalue weighted by Gasteiger charge is 2.11. The van der Waals surface area contributed by atoms with Gasteiger partial charge in [-0.1, -0.05) is 30.7 Å². The van der Waals surface area contributed by atoms with E-state index in [1.54, 1.807) is 11.3 Å². The smallest absolute Gasteiger partial charge is 0.163 e. The molecule has 0 radical (unpaired) electrons. The van der Waals surface area contributed by atoms with Crippen molar-refractivity contribution in [3.63, 3.8) is 0 Å². The maximum Gasteiger partial charge on any atom is 0.163 e. The van der Waals surface area contributed by atoms with Crippen LogP contribution in [0.25, 0.3) is 21.6 Å². The molecule has 1 N–H and O–H groups in total. The number of benzene rings is 1. The minimum atomic E-state index is 0.798. The second kappa shape index (κ2) is 5.82. The van der Waals surface area contributed by atoms with Crippen LogP contribution in [0.3, 0.4) is 0 Å². The van der Waals surface area contributed by atoms with Crippen molar-refractivity contribution < 1.29 is 0 Å². The highest BCUT2D eigenvalue weighted by atomic mass is 32.1. The summed E-state index contributed by atoms with van der Waals surface area (Å²) in [6.45, 7) is 7.29. The van der Waals surface area contributed by atoms with Crippen LogP contribution in [0.15, 0.2) is 30.3 Å². The zero-order valence-corrected chi connectivity index (χ0v) is 13.4. The summed E-state index contributed by atoms with van der Waals surface area (Å²) in [5.74, 6) is 1.74. The maximum absolute atomic E-state index is 4.75. The molecular weight excluding hydrogens is 278 g/mol. The van der Waals surface area contributed by atoms with Gasteiger partial charge in [0.1, 0.15) is 10.6 Å². The van der Waals surface area contributed by atoms with Crippen molar-refractivity contribution in [1.82, 2.24) is 9.97 Å². The fraction of sp³-hybridized carbons (Fsp3) is 0.294. The van der Waals surface area contributed by atoms with Crippen LogP contribution in [0, 0.1) is 13.8 Å². The molecule has 0 amide bonds. The number of aromatic nitrogens is 2. The van der Waals surface area contributed by atoms with E-state index in [-0.39, 0.29) is 0 Å². The average molecular weight is 297 g/mol. The van der Waals surface area contributed by atoms with Crippen molar-refractivity contribution in [1.29, 1.82) is 0 Å². The zero-order chi connectivity index (χ0) is 14.8. The highest BCUT2D eigenvalue weighted by Crippen LogP contribution is 2.31. The van der Waals surface area contributed by atoms with E-state index in [1.165, 1.54) is 10.4 Å². The fourth-order valence-corrected chi connectivity index (χ4v) is 3.21. The Kier molecular flexibility index (Phi) is 3.88. The third-order valence-corrected chi connectivity index (χ3v) is 4.28. The van der Waals surface area contributed by atoms with Gasteiger partial charge in [0.2, 0.25) is 0 Å². The first-order valence-corrected chi connectivity index (χ1v) is 8.08. The molecule has 2 heterocycles. The van der Waals surface area contributed by atoms with E-state index in [0.29, 0.717) is 0 Å². The lowest BCUT2D eigenvalue weighted by atomic mass is 10.1. The molecule has 3 aromatic rings. The van der Waals surface area contributed by atoms with Crippen molar-refractivity contribution in [3.8, 4) is 11.4 Å². The minimum absolute atomic E-state index is 0.798. The molecule has 2 aromatic heterocycles. The summed E-state index contributed by atoms with van der Waals surface area (Å²) < 4.78 is 0. The lowest BCUT2D eigenvalue weighted by molar-refractivity contribution is 0.971. The third kappa shape index (κ3) is 2.90. The molecule has 0 aliphatic heterocycles. The number of nitrogens with zero attached hydrogens (tertiary/aromatic N) is 2. The van der Waals surface area contributed by atoms with Gasteiger partial charge in [0, 0.05) is 17.0 Å². The predicted octanol–water partition coefficient (Wildman–Crippen LogP) is 4.80. The molecule has 4 heteroatoms. The van der Waals surface area contributed by atoms with E-state index in [1.807, 2.05) is 0 Å². The average Bonchev–Trinajstić information content (AvgIpc) is 2.85. The molecule has 0 aliphatic rings. The number of hydrogen-bond acceptors (Lipinski definition) is 4. The van der Waals surface area contributed by atoms with Gasteiger partial charge in [0.05, 0.1) is 5.39 Å². The van der Waals surface area contributed by atoms with Crippen molar-refractivity contribution in [3.05, 3.63) is 40.8 Å². The lowest BCUT2D eigenvalue weighted by Gasteiger charge is -2.08. The first-order valence-electron chi connectivity index (χ1n) is 7.26. The summed E-state index contributed by atoms with van der Waals surface area (Å²) in [7, 11) is 0. The van der Waals surface area contributed by atoms with E-state index in [0.717, 1.165) is 40.4 Å². The summed E-state index contributed by atoms with van der Waals surface area (Å²) in [5, 5.41) is 4.56. The first kappa shape index (κ1) is 14.0. The number of thiophene rings is 1. The molecule has 3 nitrogen and oxygen atoms in total. The van der Waals surface area contributed by atoms with Crippen LogP contribution in [0.5, 0.6) is 0 Å². The van der Waals surface area contributed by atoms with Gasteiger partial charge in [-0.05, 0) is 32.4 Å². The molecule has 0 saturated heterocycles. The Labute approximate surface area is 129 Å². The molecule has 108 valence electrons. The summed E-state index contributed by atoms with van der Waals surface area (Å²) in [5.41, 5.74) is 2.30. The van der Waals surface area contributed by atoms with Gasteiger partial charge in [-0.15, -0.1) is 11.3 Å². The molecule has 21 heavy (non-hydrogen) atoms. The normalized spacial score (nSPS) is 11.0. The molecule has 0 atom stereocenters. The molecule has 1 aromatic carbocycles. The van der Waals surface area contributed by atoms with Gasteiger partial charge in [-0.25, -0.2) is 9.97 Å². The fourth-order valence-electron chi connectivity index (χ4n) is 2.33. The Balaban J connectivity index is 2.15. The van der Waals surface area contributed by atoms with Crippen LogP contribution >= 0.6 is 11.3 Å². The summed E-state index contributed by atoms with van der Waals surface area (Å²) in [6, 6.07) is 10.5. The third-order valence-electron chi connectivity index (χ3n) is 3.33. The molecule has 0 unspecified atom stereocenters. The van der Waals surface area contributed by atoms with Crippen molar-refractivity contribution in [2.24, 2.45) is 0 Å². The molecule has 0 bridgehead atoms. The standard InChI is InChI=1S/C17H19N3S/c1-4-8-18-16-14-10-12(3)21-17(14)20-15(19-16)13-7-5-6-11(2)9-13/h5-7,9-10H,4,8H2,1-3H3,(H,18,19,20). The van der Waals surface area contributed by atoms with Crippen molar-refractivity contribution in [2.45, 2.75) is 27.2 Å². The Morgan fingerprint density at radius 3 is 2.76 bits per heavy atom. The zero-order valence-electron chi connectivity index (χ0n) is 12.6. The van der Waals surface area contributed by atoms with Gasteiger partial charge in [0.15, 0.2) is 5.82 Å². The van der Waals surface area contributed by atoms with Gasteiger partial charge in [-0.2, -0.15) is 0 Å². The van der Waals surface area contributed by atoms with Crippen LogP contribution in [0.2, 0.25) is 0 Å². The highest BCUT2D eigenvalue weighted by molar-refractivity contribution is 7.18. The van der Waals surface area contributed by atoms with Crippen molar-refractivity contribution in [2.75, 3.05) is 11.9 Å². The van der Waals surface area contributed by atoms with Gasteiger partial charge < -0.3 is 5.32 Å². The first-order chi connectivity index (χ1) is 10.2. The van der Waals surface area contributed by atoms with E-state index in [2.05, 4.69) is 56.4 Å². The van der Waals surface area contributed by atoms with Crippen LogP contribution < -0.4 is 5.32 Å². The topological polar surface area (TPSA) is 37.8 Å². The molecular formula is C17H19N3S. The number of nitrogens with one attached hydrogen (secondary N) is 1. The molecule has 0 saturated carbocycles. The summed E-state index contributed by atoms with van der Waals surface area (Å²) >= 11 is 1.72. The molecule has 3 rings (SSSR count). The monoisotopic (exact) mass is 297 g/mol. The summed E-state index contributed by atoms with van der Waals surface area (Å²) in [6.07, 6.45) is 1.08. The Hall–Kier alpha value is -1.94. The molecule has 0 aliphatic carbocycles. The Morgan fingerprint density at radius 1 is 1.14 bits per heavy atom. The van der Waals surface area contributed by atoms with E-state index in [9.17, 15) is 0 Å². The quantitative estimate of drug-likeness (QED) is 0.752. The van der Waals surface area contributed by atoms with Gasteiger partial charge in [0.25, 0.3) is 0 Å². The van der Waals surface area contributed by atoms with Gasteiger partial charge >= 0.3 is 0 Å². The predicted molar refractivity (Wildman–Crippen MR) is 91.1 cm³/mol.